The van der Waals surface area contributed by atoms with Crippen LogP contribution in [0.5, 0.6) is 0 Å². The maximum atomic E-state index is 13.9. The van der Waals surface area contributed by atoms with E-state index in [9.17, 15) is 4.39 Å². The van der Waals surface area contributed by atoms with E-state index in [0.29, 0.717) is 12.1 Å². The average molecular weight is 312 g/mol. The van der Waals surface area contributed by atoms with Crippen LogP contribution in [0.25, 0.3) is 0 Å². The van der Waals surface area contributed by atoms with Gasteiger partial charge in [0.15, 0.2) is 4.34 Å². The number of hydrogen-bond donors (Lipinski definition) is 1. The Morgan fingerprint density at radius 2 is 2.15 bits per heavy atom. The van der Waals surface area contributed by atoms with Crippen LogP contribution in [0.4, 0.5) is 9.52 Å². The highest BCUT2D eigenvalue weighted by atomic mass is 32.2. The average Bonchev–Trinajstić information content (AvgIpc) is 2.87. The molecule has 0 bridgehead atoms. The van der Waals surface area contributed by atoms with Gasteiger partial charge in [-0.25, -0.2) is 4.39 Å². The Bertz CT molecular complexity index is 571. The van der Waals surface area contributed by atoms with E-state index in [2.05, 4.69) is 15.5 Å². The normalized spacial score (nSPS) is 10.8. The van der Waals surface area contributed by atoms with Crippen LogP contribution in [-0.4, -0.2) is 30.8 Å². The van der Waals surface area contributed by atoms with Crippen LogP contribution in [0.2, 0.25) is 0 Å². The fourth-order valence-electron chi connectivity index (χ4n) is 1.57. The molecule has 0 aliphatic rings. The van der Waals surface area contributed by atoms with E-state index in [-0.39, 0.29) is 5.82 Å². The first-order valence-corrected chi connectivity index (χ1v) is 7.92. The van der Waals surface area contributed by atoms with Gasteiger partial charge in [-0.15, -0.1) is 10.2 Å². The topological polar surface area (TPSA) is 41.1 Å². The molecule has 0 saturated heterocycles. The maximum Gasteiger partial charge on any atom is 0.208 e. The second-order valence-corrected chi connectivity index (χ2v) is 6.59. The van der Waals surface area contributed by atoms with Crippen molar-refractivity contribution < 1.29 is 4.39 Å². The molecular weight excluding hydrogens is 295 g/mol. The van der Waals surface area contributed by atoms with Crippen LogP contribution >= 0.6 is 23.1 Å². The Hall–Kier alpha value is -1.18. The van der Waals surface area contributed by atoms with Gasteiger partial charge in [-0.2, -0.15) is 0 Å². The van der Waals surface area contributed by atoms with E-state index in [1.165, 1.54) is 29.2 Å². The van der Waals surface area contributed by atoms with Crippen molar-refractivity contribution in [1.82, 2.24) is 15.5 Å². The van der Waals surface area contributed by atoms with E-state index in [4.69, 9.17) is 0 Å². The summed E-state index contributed by atoms with van der Waals surface area (Å²) in [5.74, 6) is -0.187. The van der Waals surface area contributed by atoms with Crippen LogP contribution in [0.1, 0.15) is 12.5 Å². The minimum Gasteiger partial charge on any atom is -0.353 e. The summed E-state index contributed by atoms with van der Waals surface area (Å²) < 4.78 is 14.7. The van der Waals surface area contributed by atoms with Crippen molar-refractivity contribution in [2.45, 2.75) is 22.7 Å². The molecule has 0 spiro atoms. The highest BCUT2D eigenvalue weighted by Gasteiger charge is 2.12. The molecule has 0 fully saturated rings. The summed E-state index contributed by atoms with van der Waals surface area (Å²) in [6.07, 6.45) is 0. The zero-order chi connectivity index (χ0) is 14.5. The molecule has 2 rings (SSSR count). The van der Waals surface area contributed by atoms with Crippen molar-refractivity contribution in [2.24, 2.45) is 0 Å². The number of nitrogens with one attached hydrogen (secondary N) is 1. The molecule has 0 radical (unpaired) electrons. The van der Waals surface area contributed by atoms with Crippen molar-refractivity contribution in [3.8, 4) is 0 Å². The molecule has 4 nitrogen and oxygen atoms in total. The summed E-state index contributed by atoms with van der Waals surface area (Å²) in [6, 6.07) is 5.13. The molecule has 0 atom stereocenters. The first kappa shape index (κ1) is 15.2. The molecule has 20 heavy (non-hydrogen) atoms. The van der Waals surface area contributed by atoms with Gasteiger partial charge in [-0.3, -0.25) is 0 Å². The molecule has 0 amide bonds. The molecule has 0 aliphatic carbocycles. The van der Waals surface area contributed by atoms with Gasteiger partial charge in [0.05, 0.1) is 0 Å². The lowest BCUT2D eigenvalue weighted by molar-refractivity contribution is 0.585. The standard InChI is InChI=1S/C13H17FN4S2/c1-4-15-8-9-10(14)6-5-7-11(9)19-13-17-16-12(20-13)18(2)3/h5-7,15H,4,8H2,1-3H3. The van der Waals surface area contributed by atoms with Crippen LogP contribution in [0, 0.1) is 5.82 Å². The third-order valence-corrected chi connectivity index (χ3v) is 4.85. The zero-order valence-corrected chi connectivity index (χ0v) is 13.3. The second kappa shape index (κ2) is 7.01. The van der Waals surface area contributed by atoms with Gasteiger partial charge >= 0.3 is 0 Å². The van der Waals surface area contributed by atoms with Gasteiger partial charge in [0.2, 0.25) is 5.13 Å². The minimum atomic E-state index is -0.187. The summed E-state index contributed by atoms with van der Waals surface area (Å²) >= 11 is 2.95. The molecule has 0 unspecified atom stereocenters. The Morgan fingerprint density at radius 1 is 1.35 bits per heavy atom. The smallest absolute Gasteiger partial charge is 0.208 e. The Morgan fingerprint density at radius 3 is 2.80 bits per heavy atom. The molecule has 108 valence electrons. The van der Waals surface area contributed by atoms with Gasteiger partial charge in [-0.05, 0) is 18.7 Å². The number of halogens is 1. The van der Waals surface area contributed by atoms with Gasteiger partial charge in [0.1, 0.15) is 5.82 Å². The zero-order valence-electron chi connectivity index (χ0n) is 11.7. The summed E-state index contributed by atoms with van der Waals surface area (Å²) in [6.45, 7) is 3.33. The lowest BCUT2D eigenvalue weighted by Gasteiger charge is -2.09. The first-order valence-electron chi connectivity index (χ1n) is 6.28. The van der Waals surface area contributed by atoms with Crippen LogP contribution in [0.3, 0.4) is 0 Å². The number of rotatable bonds is 6. The van der Waals surface area contributed by atoms with Gasteiger partial charge < -0.3 is 10.2 Å². The van der Waals surface area contributed by atoms with Crippen molar-refractivity contribution in [3.63, 3.8) is 0 Å². The van der Waals surface area contributed by atoms with Crippen molar-refractivity contribution >= 4 is 28.2 Å². The second-order valence-electron chi connectivity index (χ2n) is 4.34. The van der Waals surface area contributed by atoms with Gasteiger partial charge in [-0.1, -0.05) is 36.1 Å². The SMILES string of the molecule is CCNCc1c(F)cccc1Sc1nnc(N(C)C)s1. The number of hydrogen-bond acceptors (Lipinski definition) is 6. The van der Waals surface area contributed by atoms with Gasteiger partial charge in [0.25, 0.3) is 0 Å². The molecule has 0 aliphatic heterocycles. The van der Waals surface area contributed by atoms with Crippen LogP contribution in [0.15, 0.2) is 27.4 Å². The third kappa shape index (κ3) is 3.68. The van der Waals surface area contributed by atoms with E-state index < -0.39 is 0 Å². The van der Waals surface area contributed by atoms with E-state index in [1.54, 1.807) is 6.07 Å². The van der Waals surface area contributed by atoms with Crippen LogP contribution < -0.4 is 10.2 Å². The summed E-state index contributed by atoms with van der Waals surface area (Å²) in [5, 5.41) is 12.2. The van der Waals surface area contributed by atoms with E-state index in [1.807, 2.05) is 32.0 Å². The highest BCUT2D eigenvalue weighted by molar-refractivity contribution is 8.01. The third-order valence-electron chi connectivity index (χ3n) is 2.60. The fourth-order valence-corrected chi connectivity index (χ4v) is 3.45. The molecule has 1 aromatic carbocycles. The predicted molar refractivity (Wildman–Crippen MR) is 82.1 cm³/mol. The number of benzene rings is 1. The lowest BCUT2D eigenvalue weighted by Crippen LogP contribution is -2.13. The Kier molecular flexibility index (Phi) is 5.33. The molecule has 0 saturated carbocycles. The number of aromatic nitrogens is 2. The van der Waals surface area contributed by atoms with Crippen molar-refractivity contribution in [1.29, 1.82) is 0 Å². The molecule has 1 aromatic heterocycles. The fraction of sp³-hybridized carbons (Fsp3) is 0.385. The van der Waals surface area contributed by atoms with Crippen molar-refractivity contribution in [3.05, 3.63) is 29.6 Å². The maximum absolute atomic E-state index is 13.9. The molecule has 1 heterocycles. The van der Waals surface area contributed by atoms with Gasteiger partial charge in [0, 0.05) is 31.1 Å². The summed E-state index contributed by atoms with van der Waals surface area (Å²) in [7, 11) is 3.85. The largest absolute Gasteiger partial charge is 0.353 e. The minimum absolute atomic E-state index is 0.187. The lowest BCUT2D eigenvalue weighted by atomic mass is 10.2. The summed E-state index contributed by atoms with van der Waals surface area (Å²) in [4.78, 5) is 2.79. The Labute approximate surface area is 126 Å². The van der Waals surface area contributed by atoms with Crippen molar-refractivity contribution in [2.75, 3.05) is 25.5 Å². The first-order chi connectivity index (χ1) is 9.61. The van der Waals surface area contributed by atoms with E-state index in [0.717, 1.165) is 20.9 Å². The Balaban J connectivity index is 2.21. The number of nitrogens with zero attached hydrogens (tertiary/aromatic N) is 3. The molecular formula is C13H17FN4S2. The molecule has 1 N–H and O–H groups in total. The quantitative estimate of drug-likeness (QED) is 0.888. The van der Waals surface area contributed by atoms with E-state index >= 15 is 0 Å². The predicted octanol–water partition coefficient (Wildman–Crippen LogP) is 3.00. The molecule has 2 aromatic rings. The van der Waals surface area contributed by atoms with Crippen LogP contribution in [-0.2, 0) is 6.54 Å². The highest BCUT2D eigenvalue weighted by Crippen LogP contribution is 2.35. The monoisotopic (exact) mass is 312 g/mol. The number of anilines is 1. The summed E-state index contributed by atoms with van der Waals surface area (Å²) in [5.41, 5.74) is 0.681. The molecule has 7 heteroatoms.